The van der Waals surface area contributed by atoms with Crippen LogP contribution in [0.3, 0.4) is 0 Å². The highest BCUT2D eigenvalue weighted by Gasteiger charge is 2.21. The molecule has 1 atom stereocenters. The minimum Gasteiger partial charge on any atom is -0.455 e. The summed E-state index contributed by atoms with van der Waals surface area (Å²) in [6.45, 7) is 0.727. The molecule has 11 heteroatoms. The van der Waals surface area contributed by atoms with Crippen LogP contribution in [0.1, 0.15) is 24.9 Å². The van der Waals surface area contributed by atoms with Gasteiger partial charge in [0.1, 0.15) is 0 Å². The van der Waals surface area contributed by atoms with E-state index in [1.54, 1.807) is 30.3 Å². The molecule has 0 aliphatic heterocycles. The molecular weight excluding hydrogens is 458 g/mol. The molecule has 2 amide bonds. The molecule has 0 saturated carbocycles. The molecule has 2 aromatic rings. The highest BCUT2D eigenvalue weighted by molar-refractivity contribution is 7.89. The number of ether oxygens (including phenoxy) is 1. The lowest BCUT2D eigenvalue weighted by Gasteiger charge is -2.17. The predicted octanol–water partition coefficient (Wildman–Crippen LogP) is 2.34. The molecule has 0 saturated heterocycles. The smallest absolute Gasteiger partial charge is 0.308 e. The van der Waals surface area contributed by atoms with Gasteiger partial charge in [-0.05, 0) is 23.8 Å². The minimum absolute atomic E-state index is 0.0554. The van der Waals surface area contributed by atoms with E-state index in [9.17, 15) is 22.8 Å². The van der Waals surface area contributed by atoms with Gasteiger partial charge in [0.2, 0.25) is 15.9 Å². The van der Waals surface area contributed by atoms with Crippen molar-refractivity contribution in [1.29, 1.82) is 0 Å². The number of sulfonamides is 1. The first-order valence-electron chi connectivity index (χ1n) is 9.50. The number of amides is 2. The average Bonchev–Trinajstić information content (AvgIpc) is 2.73. The van der Waals surface area contributed by atoms with Gasteiger partial charge in [-0.1, -0.05) is 41.9 Å². The molecule has 0 aliphatic carbocycles. The Morgan fingerprint density at radius 2 is 1.75 bits per heavy atom. The topological polar surface area (TPSA) is 122 Å². The van der Waals surface area contributed by atoms with Gasteiger partial charge < -0.3 is 15.4 Å². The molecule has 0 heterocycles. The van der Waals surface area contributed by atoms with Gasteiger partial charge in [-0.2, -0.15) is 0 Å². The highest BCUT2D eigenvalue weighted by atomic mass is 35.5. The lowest BCUT2D eigenvalue weighted by atomic mass is 10.0. The Kier molecular flexibility index (Phi) is 8.76. The zero-order valence-corrected chi connectivity index (χ0v) is 19.4. The fraction of sp³-hybridized carbons (Fsp3) is 0.286. The van der Waals surface area contributed by atoms with Gasteiger partial charge in [-0.25, -0.2) is 12.7 Å². The number of nitrogens with one attached hydrogen (secondary N) is 2. The Bertz CT molecular complexity index is 1090. The fourth-order valence-corrected chi connectivity index (χ4v) is 3.81. The summed E-state index contributed by atoms with van der Waals surface area (Å²) < 4.78 is 30.6. The van der Waals surface area contributed by atoms with Crippen LogP contribution in [0, 0.1) is 0 Å². The van der Waals surface area contributed by atoms with E-state index in [0.29, 0.717) is 0 Å². The molecule has 0 aliphatic rings. The molecule has 0 radical (unpaired) electrons. The number of halogens is 1. The molecule has 2 N–H and O–H groups in total. The van der Waals surface area contributed by atoms with Crippen molar-refractivity contribution in [1.82, 2.24) is 9.62 Å². The average molecular weight is 482 g/mol. The normalized spacial score (nSPS) is 12.2. The van der Waals surface area contributed by atoms with Crippen LogP contribution in [0.15, 0.2) is 53.4 Å². The monoisotopic (exact) mass is 481 g/mol. The Labute approximate surface area is 191 Å². The fourth-order valence-electron chi connectivity index (χ4n) is 2.71. The van der Waals surface area contributed by atoms with Crippen molar-refractivity contribution in [3.63, 3.8) is 0 Å². The maximum atomic E-state index is 12.3. The number of hydrogen-bond acceptors (Lipinski definition) is 6. The first-order chi connectivity index (χ1) is 15.0. The van der Waals surface area contributed by atoms with Gasteiger partial charge in [-0.15, -0.1) is 0 Å². The summed E-state index contributed by atoms with van der Waals surface area (Å²) >= 11 is 6.05. The van der Waals surface area contributed by atoms with Crippen molar-refractivity contribution < 1.29 is 27.5 Å². The summed E-state index contributed by atoms with van der Waals surface area (Å²) in [5.74, 6) is -1.71. The van der Waals surface area contributed by atoms with Crippen LogP contribution in [0.5, 0.6) is 0 Å². The summed E-state index contributed by atoms with van der Waals surface area (Å²) in [5.41, 5.74) is 0.783. The number of carbonyl (C=O) groups is 3. The Morgan fingerprint density at radius 1 is 1.09 bits per heavy atom. The maximum Gasteiger partial charge on any atom is 0.308 e. The zero-order chi connectivity index (χ0) is 23.9. The van der Waals surface area contributed by atoms with E-state index < -0.39 is 34.5 Å². The number of nitrogens with zero attached hydrogens (tertiary/aromatic N) is 1. The predicted molar refractivity (Wildman–Crippen MR) is 120 cm³/mol. The maximum absolute atomic E-state index is 12.3. The van der Waals surface area contributed by atoms with Crippen LogP contribution < -0.4 is 10.6 Å². The van der Waals surface area contributed by atoms with E-state index in [0.717, 1.165) is 9.87 Å². The summed E-state index contributed by atoms with van der Waals surface area (Å²) in [6.07, 6.45) is -0.172. The van der Waals surface area contributed by atoms with Crippen molar-refractivity contribution in [2.75, 3.05) is 26.0 Å². The largest absolute Gasteiger partial charge is 0.455 e. The lowest BCUT2D eigenvalue weighted by Crippen LogP contribution is -2.29. The van der Waals surface area contributed by atoms with Gasteiger partial charge >= 0.3 is 5.97 Å². The number of benzene rings is 2. The number of anilines is 1. The van der Waals surface area contributed by atoms with Crippen LogP contribution in [-0.4, -0.2) is 51.2 Å². The third-order valence-corrected chi connectivity index (χ3v) is 6.45. The van der Waals surface area contributed by atoms with Gasteiger partial charge in [-0.3, -0.25) is 14.4 Å². The number of esters is 1. The van der Waals surface area contributed by atoms with E-state index in [1.165, 1.54) is 39.2 Å². The second kappa shape index (κ2) is 11.1. The minimum atomic E-state index is -3.72. The molecule has 172 valence electrons. The first kappa shape index (κ1) is 25.3. The van der Waals surface area contributed by atoms with Gasteiger partial charge in [0.05, 0.1) is 28.1 Å². The highest BCUT2D eigenvalue weighted by Crippen LogP contribution is 2.26. The number of rotatable bonds is 9. The molecule has 2 aromatic carbocycles. The van der Waals surface area contributed by atoms with Crippen molar-refractivity contribution in [3.8, 4) is 0 Å². The van der Waals surface area contributed by atoms with Gasteiger partial charge in [0.15, 0.2) is 6.61 Å². The van der Waals surface area contributed by atoms with Crippen molar-refractivity contribution in [3.05, 3.63) is 59.1 Å². The molecule has 2 rings (SSSR count). The number of carbonyl (C=O) groups excluding carboxylic acids is 3. The molecule has 0 fully saturated rings. The quantitative estimate of drug-likeness (QED) is 0.530. The SMILES string of the molecule is CC(=O)NC(CC(=O)OCC(=O)Nc1cc(S(=O)(=O)N(C)C)ccc1Cl)c1ccccc1. The van der Waals surface area contributed by atoms with Crippen molar-refractivity contribution in [2.24, 2.45) is 0 Å². The van der Waals surface area contributed by atoms with Crippen LogP contribution >= 0.6 is 11.6 Å². The molecule has 32 heavy (non-hydrogen) atoms. The Hall–Kier alpha value is -2.95. The summed E-state index contributed by atoms with van der Waals surface area (Å²) in [6, 6.07) is 12.2. The third kappa shape index (κ3) is 7.04. The zero-order valence-electron chi connectivity index (χ0n) is 17.8. The van der Waals surface area contributed by atoms with Crippen LogP contribution in [0.2, 0.25) is 5.02 Å². The first-order valence-corrected chi connectivity index (χ1v) is 11.3. The number of hydrogen-bond donors (Lipinski definition) is 2. The Balaban J connectivity index is 2.00. The van der Waals surface area contributed by atoms with E-state index in [4.69, 9.17) is 16.3 Å². The molecule has 9 nitrogen and oxygen atoms in total. The molecule has 0 spiro atoms. The summed E-state index contributed by atoms with van der Waals surface area (Å²) in [7, 11) is -0.963. The van der Waals surface area contributed by atoms with E-state index in [-0.39, 0.29) is 27.9 Å². The van der Waals surface area contributed by atoms with Crippen LogP contribution in [0.25, 0.3) is 0 Å². The van der Waals surface area contributed by atoms with Crippen LogP contribution in [0.4, 0.5) is 5.69 Å². The molecule has 1 unspecified atom stereocenters. The van der Waals surface area contributed by atoms with Crippen molar-refractivity contribution >= 4 is 45.1 Å². The standard InChI is InChI=1S/C21H24ClN3O6S/c1-14(26)23-18(15-7-5-4-6-8-15)12-21(28)31-13-20(27)24-19-11-16(9-10-17(19)22)32(29,30)25(2)3/h4-11,18H,12-13H2,1-3H3,(H,23,26)(H,24,27). The third-order valence-electron chi connectivity index (χ3n) is 4.30. The van der Waals surface area contributed by atoms with Gasteiger partial charge in [0, 0.05) is 21.0 Å². The van der Waals surface area contributed by atoms with Crippen LogP contribution in [-0.2, 0) is 29.1 Å². The van der Waals surface area contributed by atoms with Crippen molar-refractivity contribution in [2.45, 2.75) is 24.3 Å². The molecule has 0 bridgehead atoms. The summed E-state index contributed by atoms with van der Waals surface area (Å²) in [4.78, 5) is 35.9. The summed E-state index contributed by atoms with van der Waals surface area (Å²) in [5, 5.41) is 5.23. The van der Waals surface area contributed by atoms with Gasteiger partial charge in [0.25, 0.3) is 5.91 Å². The second-order valence-electron chi connectivity index (χ2n) is 7.01. The van der Waals surface area contributed by atoms with E-state index in [1.807, 2.05) is 0 Å². The lowest BCUT2D eigenvalue weighted by molar-refractivity contribution is -0.148. The molecular formula is C21H24ClN3O6S. The Morgan fingerprint density at radius 3 is 2.34 bits per heavy atom. The van der Waals surface area contributed by atoms with E-state index >= 15 is 0 Å². The molecule has 0 aromatic heterocycles. The second-order valence-corrected chi connectivity index (χ2v) is 9.56. The van der Waals surface area contributed by atoms with E-state index in [2.05, 4.69) is 10.6 Å².